The number of nitrogens with one attached hydrogen (secondary N) is 3. The van der Waals surface area contributed by atoms with Crippen LogP contribution in [-0.4, -0.2) is 28.9 Å². The molecule has 0 unspecified atom stereocenters. The molecule has 0 atom stereocenters. The van der Waals surface area contributed by atoms with Crippen LogP contribution in [0.5, 0.6) is 0 Å². The van der Waals surface area contributed by atoms with Crippen LogP contribution in [0.25, 0.3) is 0 Å². The minimum absolute atomic E-state index is 0.149. The van der Waals surface area contributed by atoms with E-state index in [1.165, 1.54) is 0 Å². The Morgan fingerprint density at radius 3 is 2.35 bits per heavy atom. The second-order valence-corrected chi connectivity index (χ2v) is 6.24. The van der Waals surface area contributed by atoms with Gasteiger partial charge < -0.3 is 9.72 Å². The number of benzene rings is 1. The molecule has 1 heterocycles. The summed E-state index contributed by atoms with van der Waals surface area (Å²) in [5.41, 5.74) is 7.12. The SMILES string of the molecule is Cc1[nH]c(C(=O)NNC(=O)Cc2ccccc2)c(C)c1C(=O)OC(C)C. The first kappa shape index (κ1) is 19.2. The zero-order valence-electron chi connectivity index (χ0n) is 15.3. The number of ether oxygens (including phenoxy) is 1. The summed E-state index contributed by atoms with van der Waals surface area (Å²) >= 11 is 0. The average molecular weight is 357 g/mol. The van der Waals surface area contributed by atoms with E-state index >= 15 is 0 Å². The molecule has 0 fully saturated rings. The predicted molar refractivity (Wildman–Crippen MR) is 96.6 cm³/mol. The van der Waals surface area contributed by atoms with E-state index in [-0.39, 0.29) is 24.1 Å². The van der Waals surface area contributed by atoms with Crippen molar-refractivity contribution in [3.8, 4) is 0 Å². The Hall–Kier alpha value is -3.09. The van der Waals surface area contributed by atoms with E-state index in [1.54, 1.807) is 27.7 Å². The highest BCUT2D eigenvalue weighted by molar-refractivity contribution is 6.01. The molecule has 7 heteroatoms. The minimum Gasteiger partial charge on any atom is -0.459 e. The van der Waals surface area contributed by atoms with Crippen molar-refractivity contribution in [2.75, 3.05) is 0 Å². The van der Waals surface area contributed by atoms with Crippen LogP contribution < -0.4 is 10.9 Å². The number of aromatic nitrogens is 1. The summed E-state index contributed by atoms with van der Waals surface area (Å²) in [4.78, 5) is 39.3. The van der Waals surface area contributed by atoms with Crippen LogP contribution in [-0.2, 0) is 16.0 Å². The number of rotatable bonds is 5. The summed E-state index contributed by atoms with van der Waals surface area (Å²) in [5.74, 6) is -1.36. The third-order valence-corrected chi connectivity index (χ3v) is 3.73. The summed E-state index contributed by atoms with van der Waals surface area (Å²) in [6.45, 7) is 6.85. The molecule has 0 bridgehead atoms. The fourth-order valence-corrected chi connectivity index (χ4v) is 2.57. The van der Waals surface area contributed by atoms with E-state index in [0.717, 1.165) is 5.56 Å². The number of hydrogen-bond acceptors (Lipinski definition) is 4. The Balaban J connectivity index is 2.01. The number of carbonyl (C=O) groups is 3. The number of carbonyl (C=O) groups excluding carboxylic acids is 3. The molecule has 0 aliphatic carbocycles. The summed E-state index contributed by atoms with van der Waals surface area (Å²) < 4.78 is 5.20. The lowest BCUT2D eigenvalue weighted by Gasteiger charge is -2.09. The number of amides is 2. The normalized spacial score (nSPS) is 10.5. The van der Waals surface area contributed by atoms with Crippen molar-refractivity contribution in [2.24, 2.45) is 0 Å². The maximum Gasteiger partial charge on any atom is 0.340 e. The van der Waals surface area contributed by atoms with Gasteiger partial charge in [0.25, 0.3) is 5.91 Å². The van der Waals surface area contributed by atoms with Crippen LogP contribution in [0.2, 0.25) is 0 Å². The summed E-state index contributed by atoms with van der Waals surface area (Å²) in [6.07, 6.45) is -0.110. The highest BCUT2D eigenvalue weighted by Crippen LogP contribution is 2.19. The smallest absolute Gasteiger partial charge is 0.340 e. The maximum absolute atomic E-state index is 12.3. The fraction of sp³-hybridized carbons (Fsp3) is 0.316. The van der Waals surface area contributed by atoms with E-state index in [1.807, 2.05) is 30.3 Å². The first-order valence-corrected chi connectivity index (χ1v) is 8.32. The molecule has 2 amide bonds. The van der Waals surface area contributed by atoms with Gasteiger partial charge in [0, 0.05) is 5.69 Å². The van der Waals surface area contributed by atoms with Gasteiger partial charge in [0.2, 0.25) is 5.91 Å². The van der Waals surface area contributed by atoms with E-state index in [2.05, 4.69) is 15.8 Å². The number of hydrazine groups is 1. The lowest BCUT2D eigenvalue weighted by molar-refractivity contribution is -0.121. The van der Waals surface area contributed by atoms with Gasteiger partial charge in [-0.1, -0.05) is 30.3 Å². The van der Waals surface area contributed by atoms with Gasteiger partial charge in [-0.2, -0.15) is 0 Å². The first-order valence-electron chi connectivity index (χ1n) is 8.32. The molecule has 3 N–H and O–H groups in total. The lowest BCUT2D eigenvalue weighted by atomic mass is 10.1. The molecular weight excluding hydrogens is 334 g/mol. The molecule has 2 rings (SSSR count). The van der Waals surface area contributed by atoms with Crippen molar-refractivity contribution >= 4 is 17.8 Å². The molecule has 1 aromatic carbocycles. The van der Waals surface area contributed by atoms with Crippen LogP contribution in [0, 0.1) is 13.8 Å². The highest BCUT2D eigenvalue weighted by Gasteiger charge is 2.23. The standard InChI is InChI=1S/C19H23N3O4/c1-11(2)26-19(25)16-12(3)17(20-13(16)4)18(24)22-21-15(23)10-14-8-6-5-7-9-14/h5-9,11,20H,10H2,1-4H3,(H,21,23)(H,22,24). The van der Waals surface area contributed by atoms with E-state index < -0.39 is 11.9 Å². The van der Waals surface area contributed by atoms with Gasteiger partial charge in [0.1, 0.15) is 5.69 Å². The first-order chi connectivity index (χ1) is 12.3. The second-order valence-electron chi connectivity index (χ2n) is 6.24. The van der Waals surface area contributed by atoms with Crippen LogP contribution in [0.1, 0.15) is 51.5 Å². The monoisotopic (exact) mass is 357 g/mol. The van der Waals surface area contributed by atoms with Gasteiger partial charge in [-0.05, 0) is 38.8 Å². The quantitative estimate of drug-likeness (QED) is 0.564. The molecule has 0 radical (unpaired) electrons. The molecule has 26 heavy (non-hydrogen) atoms. The van der Waals surface area contributed by atoms with Crippen LogP contribution >= 0.6 is 0 Å². The lowest BCUT2D eigenvalue weighted by Crippen LogP contribution is -2.42. The van der Waals surface area contributed by atoms with Gasteiger partial charge in [-0.3, -0.25) is 20.4 Å². The maximum atomic E-state index is 12.3. The van der Waals surface area contributed by atoms with Gasteiger partial charge in [0.05, 0.1) is 18.1 Å². The average Bonchev–Trinajstić information content (AvgIpc) is 2.87. The zero-order chi connectivity index (χ0) is 19.3. The molecule has 7 nitrogen and oxygen atoms in total. The molecule has 0 aliphatic rings. The minimum atomic E-state index is -0.532. The Morgan fingerprint density at radius 1 is 1.08 bits per heavy atom. The van der Waals surface area contributed by atoms with Crippen LogP contribution in [0.15, 0.2) is 30.3 Å². The molecule has 0 aliphatic heterocycles. The predicted octanol–water partition coefficient (Wildman–Crippen LogP) is 2.20. The molecule has 0 saturated carbocycles. The summed E-state index contributed by atoms with van der Waals surface area (Å²) in [6, 6.07) is 9.19. The Kier molecular flexibility index (Phi) is 6.16. The van der Waals surface area contributed by atoms with Crippen molar-refractivity contribution in [2.45, 2.75) is 40.2 Å². The fourth-order valence-electron chi connectivity index (χ4n) is 2.57. The van der Waals surface area contributed by atoms with Crippen LogP contribution in [0.3, 0.4) is 0 Å². The van der Waals surface area contributed by atoms with Crippen molar-refractivity contribution in [3.05, 3.63) is 58.4 Å². The number of aromatic amines is 1. The van der Waals surface area contributed by atoms with Crippen molar-refractivity contribution in [3.63, 3.8) is 0 Å². The molecule has 0 spiro atoms. The van der Waals surface area contributed by atoms with Crippen molar-refractivity contribution < 1.29 is 19.1 Å². The van der Waals surface area contributed by atoms with Crippen LogP contribution in [0.4, 0.5) is 0 Å². The number of hydrogen-bond donors (Lipinski definition) is 3. The number of H-pyrrole nitrogens is 1. The zero-order valence-corrected chi connectivity index (χ0v) is 15.3. The van der Waals surface area contributed by atoms with Gasteiger partial charge in [-0.15, -0.1) is 0 Å². The summed E-state index contributed by atoms with van der Waals surface area (Å²) in [5, 5.41) is 0. The van der Waals surface area contributed by atoms with Gasteiger partial charge in [0.15, 0.2) is 0 Å². The third-order valence-electron chi connectivity index (χ3n) is 3.73. The van der Waals surface area contributed by atoms with Gasteiger partial charge in [-0.25, -0.2) is 4.79 Å². The molecule has 2 aromatic rings. The molecule has 138 valence electrons. The second kappa shape index (κ2) is 8.33. The largest absolute Gasteiger partial charge is 0.459 e. The Morgan fingerprint density at radius 2 is 1.73 bits per heavy atom. The Bertz CT molecular complexity index is 810. The van der Waals surface area contributed by atoms with Gasteiger partial charge >= 0.3 is 5.97 Å². The van der Waals surface area contributed by atoms with Crippen molar-refractivity contribution in [1.82, 2.24) is 15.8 Å². The van der Waals surface area contributed by atoms with E-state index in [0.29, 0.717) is 16.8 Å². The number of aryl methyl sites for hydroxylation is 1. The topological polar surface area (TPSA) is 100 Å². The number of esters is 1. The Labute approximate surface area is 152 Å². The van der Waals surface area contributed by atoms with E-state index in [9.17, 15) is 14.4 Å². The molecule has 0 saturated heterocycles. The summed E-state index contributed by atoms with van der Waals surface area (Å²) in [7, 11) is 0. The molecular formula is C19H23N3O4. The highest BCUT2D eigenvalue weighted by atomic mass is 16.5. The van der Waals surface area contributed by atoms with Crippen molar-refractivity contribution in [1.29, 1.82) is 0 Å². The molecule has 1 aromatic heterocycles. The third kappa shape index (κ3) is 4.72. The van der Waals surface area contributed by atoms with E-state index in [4.69, 9.17) is 4.74 Å².